The van der Waals surface area contributed by atoms with Gasteiger partial charge < -0.3 is 20.5 Å². The first-order valence-electron chi connectivity index (χ1n) is 12.7. The molecule has 0 spiro atoms. The van der Waals surface area contributed by atoms with E-state index in [1.165, 1.54) is 6.07 Å². The SMILES string of the molecule is Br.Br.CCCCC(=O)Nc1cn(C(C)(C)CNCC(C)(C)C)c(N[C@H]2CCc3cc(Cl)cc(F)c3C2)n1. The van der Waals surface area contributed by atoms with Crippen molar-refractivity contribution in [2.75, 3.05) is 23.7 Å². The van der Waals surface area contributed by atoms with Crippen LogP contribution in [0.25, 0.3) is 0 Å². The Labute approximate surface area is 247 Å². The van der Waals surface area contributed by atoms with Crippen molar-refractivity contribution in [3.63, 3.8) is 0 Å². The summed E-state index contributed by atoms with van der Waals surface area (Å²) in [5.74, 6) is 0.933. The van der Waals surface area contributed by atoms with Crippen LogP contribution in [0.4, 0.5) is 16.2 Å². The summed E-state index contributed by atoms with van der Waals surface area (Å²) in [5, 5.41) is 10.5. The van der Waals surface area contributed by atoms with Gasteiger partial charge in [0.05, 0.1) is 11.7 Å². The molecule has 0 fully saturated rings. The van der Waals surface area contributed by atoms with E-state index in [2.05, 4.69) is 62.1 Å². The standard InChI is InChI=1S/C27H41ClFN5O.2BrH/c1-7-8-9-24(35)32-23-15-34(27(5,6)17-30-16-26(2,3)4)25(33-23)31-20-11-10-18-12-19(28)13-22(29)21(18)14-20;;/h12-13,15,20,30H,7-11,14,16-17H2,1-6H3,(H,31,33)(H,32,35);2*1H/t20-;;/m0../s1. The van der Waals surface area contributed by atoms with Gasteiger partial charge in [-0.3, -0.25) is 4.79 Å². The van der Waals surface area contributed by atoms with Gasteiger partial charge in [0.1, 0.15) is 5.82 Å². The number of rotatable bonds is 10. The molecule has 1 amide bonds. The van der Waals surface area contributed by atoms with Crippen molar-refractivity contribution in [3.8, 4) is 0 Å². The smallest absolute Gasteiger partial charge is 0.225 e. The van der Waals surface area contributed by atoms with Crippen LogP contribution >= 0.6 is 45.6 Å². The van der Waals surface area contributed by atoms with E-state index in [-0.39, 0.29) is 62.7 Å². The molecule has 2 aromatic rings. The van der Waals surface area contributed by atoms with E-state index in [1.54, 1.807) is 0 Å². The molecule has 3 rings (SSSR count). The second-order valence-corrected chi connectivity index (χ2v) is 12.0. The number of nitrogens with one attached hydrogen (secondary N) is 3. The molecule has 10 heteroatoms. The van der Waals surface area contributed by atoms with E-state index in [9.17, 15) is 9.18 Å². The van der Waals surface area contributed by atoms with Crippen molar-refractivity contribution in [2.24, 2.45) is 5.41 Å². The molecule has 6 nitrogen and oxygen atoms in total. The predicted molar refractivity (Wildman–Crippen MR) is 164 cm³/mol. The third kappa shape index (κ3) is 9.83. The van der Waals surface area contributed by atoms with E-state index < -0.39 is 0 Å². The zero-order chi connectivity index (χ0) is 25.8. The van der Waals surface area contributed by atoms with Crippen molar-refractivity contribution in [2.45, 2.75) is 91.6 Å². The van der Waals surface area contributed by atoms with Gasteiger partial charge in [-0.15, -0.1) is 34.0 Å². The van der Waals surface area contributed by atoms with Crippen molar-refractivity contribution in [1.82, 2.24) is 14.9 Å². The number of hydrogen-bond donors (Lipinski definition) is 3. The van der Waals surface area contributed by atoms with Crippen molar-refractivity contribution in [1.29, 1.82) is 0 Å². The average Bonchev–Trinajstić information content (AvgIpc) is 3.14. The van der Waals surface area contributed by atoms with Gasteiger partial charge in [-0.2, -0.15) is 4.98 Å². The highest BCUT2D eigenvalue weighted by Gasteiger charge is 2.28. The fourth-order valence-corrected chi connectivity index (χ4v) is 4.69. The fraction of sp³-hybridized carbons (Fsp3) is 0.630. The molecular formula is C27H43Br2ClFN5O. The molecule has 3 N–H and O–H groups in total. The van der Waals surface area contributed by atoms with Crippen LogP contribution in [0.1, 0.15) is 78.4 Å². The largest absolute Gasteiger partial charge is 0.352 e. The topological polar surface area (TPSA) is 71.0 Å². The van der Waals surface area contributed by atoms with Gasteiger partial charge in [0.2, 0.25) is 11.9 Å². The summed E-state index contributed by atoms with van der Waals surface area (Å²) in [5.41, 5.74) is 1.56. The zero-order valence-corrected chi connectivity index (χ0v) is 27.0. The molecule has 0 saturated heterocycles. The first-order chi connectivity index (χ1) is 16.4. The van der Waals surface area contributed by atoms with Crippen LogP contribution in [0.3, 0.4) is 0 Å². The van der Waals surface area contributed by atoms with Crippen LogP contribution in [-0.4, -0.2) is 34.6 Å². The van der Waals surface area contributed by atoms with Gasteiger partial charge in [0.15, 0.2) is 5.82 Å². The van der Waals surface area contributed by atoms with Gasteiger partial charge in [0.25, 0.3) is 0 Å². The Hall–Kier alpha value is -1.16. The van der Waals surface area contributed by atoms with Gasteiger partial charge >= 0.3 is 0 Å². The molecule has 1 aliphatic rings. The molecule has 0 radical (unpaired) electrons. The lowest BCUT2D eigenvalue weighted by atomic mass is 9.88. The maximum atomic E-state index is 14.6. The summed E-state index contributed by atoms with van der Waals surface area (Å²) >= 11 is 6.06. The summed E-state index contributed by atoms with van der Waals surface area (Å²) in [6.07, 6.45) is 6.35. The number of anilines is 2. The van der Waals surface area contributed by atoms with E-state index in [1.807, 2.05) is 12.3 Å². The Kier molecular flexibility index (Phi) is 13.1. The number of carbonyl (C=O) groups excluding carboxylic acids is 1. The second kappa shape index (κ2) is 14.3. The van der Waals surface area contributed by atoms with Crippen molar-refractivity contribution in [3.05, 3.63) is 40.3 Å². The Bertz CT molecular complexity index is 1040. The molecule has 1 heterocycles. The molecule has 0 unspecified atom stereocenters. The summed E-state index contributed by atoms with van der Waals surface area (Å²) in [6.45, 7) is 14.6. The molecule has 1 aliphatic carbocycles. The lowest BCUT2D eigenvalue weighted by molar-refractivity contribution is -0.116. The molecule has 37 heavy (non-hydrogen) atoms. The number of fused-ring (bicyclic) bond motifs is 1. The van der Waals surface area contributed by atoms with E-state index in [4.69, 9.17) is 16.6 Å². The average molecular weight is 668 g/mol. The predicted octanol–water partition coefficient (Wildman–Crippen LogP) is 7.30. The van der Waals surface area contributed by atoms with Crippen LogP contribution in [0, 0.1) is 11.2 Å². The molecular weight excluding hydrogens is 625 g/mol. The normalized spacial score (nSPS) is 15.3. The number of unbranched alkanes of at least 4 members (excludes halogenated alkanes) is 1. The Balaban J connectivity index is 0.00000342. The number of carbonyl (C=O) groups is 1. The quantitative estimate of drug-likeness (QED) is 0.249. The third-order valence-corrected chi connectivity index (χ3v) is 6.61. The number of imidazole rings is 1. The number of aryl methyl sites for hydroxylation is 1. The number of nitrogens with zero attached hydrogens (tertiary/aromatic N) is 2. The Morgan fingerprint density at radius 1 is 1.19 bits per heavy atom. The minimum Gasteiger partial charge on any atom is -0.352 e. The number of aromatic nitrogens is 2. The van der Waals surface area contributed by atoms with Gasteiger partial charge in [-0.1, -0.05) is 45.7 Å². The molecule has 210 valence electrons. The fourth-order valence-electron chi connectivity index (χ4n) is 4.47. The zero-order valence-electron chi connectivity index (χ0n) is 22.8. The molecule has 0 bridgehead atoms. The first kappa shape index (κ1) is 33.9. The van der Waals surface area contributed by atoms with Crippen LogP contribution in [0.15, 0.2) is 18.3 Å². The van der Waals surface area contributed by atoms with Gasteiger partial charge in [-0.25, -0.2) is 4.39 Å². The van der Waals surface area contributed by atoms with E-state index in [0.29, 0.717) is 29.6 Å². The molecule has 1 aromatic heterocycles. The lowest BCUT2D eigenvalue weighted by Gasteiger charge is -2.32. The van der Waals surface area contributed by atoms with Crippen molar-refractivity contribution < 1.29 is 9.18 Å². The van der Waals surface area contributed by atoms with E-state index >= 15 is 0 Å². The third-order valence-electron chi connectivity index (χ3n) is 6.39. The molecule has 0 saturated carbocycles. The maximum absolute atomic E-state index is 14.6. The number of hydrogen-bond acceptors (Lipinski definition) is 4. The summed E-state index contributed by atoms with van der Waals surface area (Å²) in [4.78, 5) is 17.1. The van der Waals surface area contributed by atoms with E-state index in [0.717, 1.165) is 49.9 Å². The number of amides is 1. The molecule has 0 aliphatic heterocycles. The monoisotopic (exact) mass is 665 g/mol. The Morgan fingerprint density at radius 2 is 1.89 bits per heavy atom. The minimum atomic E-state index is -0.307. The van der Waals surface area contributed by atoms with Crippen molar-refractivity contribution >= 4 is 63.2 Å². The maximum Gasteiger partial charge on any atom is 0.225 e. The summed E-state index contributed by atoms with van der Waals surface area (Å²) in [7, 11) is 0. The van der Waals surface area contributed by atoms with Gasteiger partial charge in [-0.05, 0) is 68.2 Å². The number of benzene rings is 1. The Morgan fingerprint density at radius 3 is 2.54 bits per heavy atom. The first-order valence-corrected chi connectivity index (χ1v) is 13.1. The number of halogens is 4. The molecule has 1 aromatic carbocycles. The minimum absolute atomic E-state index is 0. The summed E-state index contributed by atoms with van der Waals surface area (Å²) < 4.78 is 16.7. The highest BCUT2D eigenvalue weighted by Crippen LogP contribution is 2.31. The summed E-state index contributed by atoms with van der Waals surface area (Å²) in [6, 6.07) is 3.28. The van der Waals surface area contributed by atoms with Crippen LogP contribution < -0.4 is 16.0 Å². The molecule has 1 atom stereocenters. The van der Waals surface area contributed by atoms with Crippen LogP contribution in [0.2, 0.25) is 5.02 Å². The van der Waals surface area contributed by atoms with Crippen LogP contribution in [-0.2, 0) is 23.2 Å². The highest BCUT2D eigenvalue weighted by atomic mass is 79.9. The van der Waals surface area contributed by atoms with Gasteiger partial charge in [0, 0.05) is 30.6 Å². The highest BCUT2D eigenvalue weighted by molar-refractivity contribution is 8.93. The lowest BCUT2D eigenvalue weighted by Crippen LogP contribution is -2.42. The second-order valence-electron chi connectivity index (χ2n) is 11.6. The van der Waals surface area contributed by atoms with Crippen LogP contribution in [0.5, 0.6) is 0 Å².